The minimum atomic E-state index is -0.404. The first-order valence-corrected chi connectivity index (χ1v) is 6.19. The minimum Gasteiger partial charge on any atom is -0.466 e. The average Bonchev–Trinajstić information content (AvgIpc) is 2.38. The first-order chi connectivity index (χ1) is 8.63. The minimum absolute atomic E-state index is 0.383. The monoisotopic (exact) mass is 283 g/mol. The quantitative estimate of drug-likeness (QED) is 0.618. The van der Waals surface area contributed by atoms with Crippen molar-refractivity contribution in [3.8, 4) is 0 Å². The van der Waals surface area contributed by atoms with Gasteiger partial charge in [0.15, 0.2) is 0 Å². The maximum Gasteiger partial charge on any atom is 0.333 e. The first-order valence-electron chi connectivity index (χ1n) is 5.37. The highest BCUT2D eigenvalue weighted by atomic mass is 35.5. The predicted molar refractivity (Wildman–Crippen MR) is 71.4 cm³/mol. The van der Waals surface area contributed by atoms with Crippen LogP contribution in [0.15, 0.2) is 41.1 Å². The van der Waals surface area contributed by atoms with Crippen LogP contribution in [0.1, 0.15) is 12.1 Å². The molecule has 0 saturated carbocycles. The fourth-order valence-electron chi connectivity index (χ4n) is 1.81. The van der Waals surface area contributed by atoms with Crippen LogP contribution in [0, 0.1) is 0 Å². The number of hydrogen-bond donors (Lipinski definition) is 0. The summed E-state index contributed by atoms with van der Waals surface area (Å²) < 4.78 is 4.66. The van der Waals surface area contributed by atoms with Crippen LogP contribution in [-0.4, -0.2) is 23.4 Å². The summed E-state index contributed by atoms with van der Waals surface area (Å²) in [6, 6.07) is 5.52. The van der Waals surface area contributed by atoms with E-state index in [0.717, 1.165) is 11.3 Å². The van der Waals surface area contributed by atoms with E-state index in [4.69, 9.17) is 23.2 Å². The number of ether oxygens (including phenoxy) is 1. The molecule has 3 nitrogen and oxygen atoms in total. The van der Waals surface area contributed by atoms with E-state index in [1.54, 1.807) is 12.3 Å². The van der Waals surface area contributed by atoms with Crippen LogP contribution in [0.4, 0.5) is 0 Å². The zero-order valence-corrected chi connectivity index (χ0v) is 11.2. The normalized spacial score (nSPS) is 19.5. The molecule has 5 heteroatoms. The Morgan fingerprint density at radius 2 is 2.28 bits per heavy atom. The molecule has 1 heterocycles. The molecule has 1 aromatic rings. The Labute approximate surface area is 115 Å². The number of methoxy groups -OCH3 is 1. The van der Waals surface area contributed by atoms with Crippen molar-refractivity contribution < 1.29 is 9.53 Å². The van der Waals surface area contributed by atoms with Gasteiger partial charge < -0.3 is 4.74 Å². The zero-order chi connectivity index (χ0) is 13.1. The molecule has 0 amide bonds. The van der Waals surface area contributed by atoms with E-state index in [-0.39, 0.29) is 5.38 Å². The molecule has 0 radical (unpaired) electrons. The number of rotatable bonds is 2. The van der Waals surface area contributed by atoms with Gasteiger partial charge in [-0.25, -0.2) is 4.79 Å². The molecule has 0 aromatic carbocycles. The third-order valence-corrected chi connectivity index (χ3v) is 3.34. The van der Waals surface area contributed by atoms with E-state index in [1.165, 1.54) is 7.11 Å². The van der Waals surface area contributed by atoms with Gasteiger partial charge in [0.25, 0.3) is 0 Å². The average molecular weight is 284 g/mol. The van der Waals surface area contributed by atoms with Crippen LogP contribution in [0.5, 0.6) is 0 Å². The molecule has 0 spiro atoms. The van der Waals surface area contributed by atoms with Gasteiger partial charge in [-0.15, -0.1) is 11.6 Å². The van der Waals surface area contributed by atoms with Crippen molar-refractivity contribution in [2.24, 2.45) is 0 Å². The van der Waals surface area contributed by atoms with Gasteiger partial charge in [0.1, 0.15) is 0 Å². The summed E-state index contributed by atoms with van der Waals surface area (Å²) in [6.07, 6.45) is 3.66. The highest BCUT2D eigenvalue weighted by Gasteiger charge is 2.26. The molecular formula is C13H11Cl2NO2. The standard InChI is InChI=1S/C13H11Cl2NO2/c1-18-13(17)8-6-9(14)12(10(15)7-8)11-4-2-3-5-16-11/h2-6,10H,7H2,1H3. The third kappa shape index (κ3) is 2.57. The van der Waals surface area contributed by atoms with Crippen molar-refractivity contribution >= 4 is 34.7 Å². The molecule has 1 aliphatic carbocycles. The van der Waals surface area contributed by atoms with Crippen molar-refractivity contribution in [1.29, 1.82) is 0 Å². The van der Waals surface area contributed by atoms with Gasteiger partial charge in [-0.2, -0.15) is 0 Å². The van der Waals surface area contributed by atoms with Crippen LogP contribution in [0.3, 0.4) is 0 Å². The Kier molecular flexibility index (Phi) is 4.04. The summed E-state index contributed by atoms with van der Waals surface area (Å²) >= 11 is 12.5. The maximum atomic E-state index is 11.5. The summed E-state index contributed by atoms with van der Waals surface area (Å²) in [5, 5.41) is 0.0480. The van der Waals surface area contributed by atoms with E-state index in [0.29, 0.717) is 17.0 Å². The number of allylic oxidation sites excluding steroid dienone is 3. The van der Waals surface area contributed by atoms with Crippen LogP contribution >= 0.6 is 23.2 Å². The zero-order valence-electron chi connectivity index (χ0n) is 9.69. The molecule has 1 aromatic heterocycles. The van der Waals surface area contributed by atoms with Crippen molar-refractivity contribution in [3.05, 3.63) is 46.8 Å². The van der Waals surface area contributed by atoms with E-state index < -0.39 is 5.97 Å². The number of carbonyl (C=O) groups is 1. The highest BCUT2D eigenvalue weighted by molar-refractivity contribution is 6.38. The second kappa shape index (κ2) is 5.55. The summed E-state index contributed by atoms with van der Waals surface area (Å²) in [5.41, 5.74) is 1.94. The molecule has 0 fully saturated rings. The lowest BCUT2D eigenvalue weighted by Crippen LogP contribution is -2.16. The molecular weight excluding hydrogens is 273 g/mol. The molecule has 1 unspecified atom stereocenters. The summed E-state index contributed by atoms with van der Waals surface area (Å²) in [4.78, 5) is 15.7. The lowest BCUT2D eigenvalue weighted by atomic mass is 9.95. The molecule has 18 heavy (non-hydrogen) atoms. The molecule has 1 atom stereocenters. The summed E-state index contributed by atoms with van der Waals surface area (Å²) in [7, 11) is 1.33. The Balaban J connectivity index is 2.42. The summed E-state index contributed by atoms with van der Waals surface area (Å²) in [6.45, 7) is 0. The van der Waals surface area contributed by atoms with Gasteiger partial charge in [0.05, 0.1) is 18.2 Å². The number of esters is 1. The van der Waals surface area contributed by atoms with Gasteiger partial charge in [0, 0.05) is 28.8 Å². The highest BCUT2D eigenvalue weighted by Crippen LogP contribution is 2.36. The number of halogens is 2. The number of hydrogen-bond acceptors (Lipinski definition) is 3. The molecule has 94 valence electrons. The van der Waals surface area contributed by atoms with Crippen LogP contribution < -0.4 is 0 Å². The number of carbonyl (C=O) groups excluding carboxylic acids is 1. The third-order valence-electron chi connectivity index (χ3n) is 2.66. The maximum absolute atomic E-state index is 11.5. The fourth-order valence-corrected chi connectivity index (χ4v) is 2.62. The largest absolute Gasteiger partial charge is 0.466 e. The van der Waals surface area contributed by atoms with E-state index in [2.05, 4.69) is 9.72 Å². The number of nitrogens with zero attached hydrogens (tertiary/aromatic N) is 1. The number of pyridine rings is 1. The van der Waals surface area contributed by atoms with Gasteiger partial charge in [-0.05, 0) is 18.2 Å². The number of alkyl halides is 1. The summed E-state index contributed by atoms with van der Waals surface area (Å²) in [5.74, 6) is -0.404. The molecule has 2 rings (SSSR count). The van der Waals surface area contributed by atoms with Crippen molar-refractivity contribution in [2.45, 2.75) is 11.8 Å². The van der Waals surface area contributed by atoms with Crippen LogP contribution in [0.2, 0.25) is 0 Å². The predicted octanol–water partition coefficient (Wildman–Crippen LogP) is 3.14. The molecule has 0 N–H and O–H groups in total. The van der Waals surface area contributed by atoms with Crippen LogP contribution in [-0.2, 0) is 9.53 Å². The second-order valence-corrected chi connectivity index (χ2v) is 4.74. The van der Waals surface area contributed by atoms with E-state index >= 15 is 0 Å². The van der Waals surface area contributed by atoms with Gasteiger partial charge in [0.2, 0.25) is 0 Å². The topological polar surface area (TPSA) is 39.2 Å². The molecule has 1 aliphatic rings. The Bertz CT molecular complexity index is 523. The van der Waals surface area contributed by atoms with Gasteiger partial charge >= 0.3 is 5.97 Å². The molecule has 0 saturated heterocycles. The van der Waals surface area contributed by atoms with E-state index in [1.807, 2.05) is 18.2 Å². The van der Waals surface area contributed by atoms with Gasteiger partial charge in [-0.3, -0.25) is 4.98 Å². The lowest BCUT2D eigenvalue weighted by molar-refractivity contribution is -0.136. The lowest BCUT2D eigenvalue weighted by Gasteiger charge is -2.20. The molecule has 0 bridgehead atoms. The Morgan fingerprint density at radius 1 is 1.50 bits per heavy atom. The second-order valence-electron chi connectivity index (χ2n) is 3.81. The first kappa shape index (κ1) is 13.1. The number of aromatic nitrogens is 1. The van der Waals surface area contributed by atoms with E-state index in [9.17, 15) is 4.79 Å². The van der Waals surface area contributed by atoms with Crippen LogP contribution in [0.25, 0.3) is 5.57 Å². The van der Waals surface area contributed by atoms with Crippen molar-refractivity contribution in [1.82, 2.24) is 4.98 Å². The van der Waals surface area contributed by atoms with Crippen molar-refractivity contribution in [2.75, 3.05) is 7.11 Å². The SMILES string of the molecule is COC(=O)C1=CC(Cl)=C(c2ccccn2)C(Cl)C1. The van der Waals surface area contributed by atoms with Crippen molar-refractivity contribution in [3.63, 3.8) is 0 Å². The van der Waals surface area contributed by atoms with Gasteiger partial charge in [-0.1, -0.05) is 17.7 Å². The Hall–Kier alpha value is -1.32. The fraction of sp³-hybridized carbons (Fsp3) is 0.231. The molecule has 0 aliphatic heterocycles. The smallest absolute Gasteiger partial charge is 0.333 e. The Morgan fingerprint density at radius 3 is 2.83 bits per heavy atom.